The largest absolute Gasteiger partial charge is 0.382 e. The molecular formula is C15H14ClN5O2. The lowest BCUT2D eigenvalue weighted by atomic mass is 10.2. The molecule has 1 aliphatic heterocycles. The van der Waals surface area contributed by atoms with Gasteiger partial charge in [0.1, 0.15) is 0 Å². The van der Waals surface area contributed by atoms with Crippen molar-refractivity contribution in [3.8, 4) is 0 Å². The molecule has 1 aromatic carbocycles. The van der Waals surface area contributed by atoms with E-state index >= 15 is 0 Å². The molecule has 0 bridgehead atoms. The highest BCUT2D eigenvalue weighted by Crippen LogP contribution is 2.29. The first-order valence-corrected chi connectivity index (χ1v) is 7.36. The molecule has 1 atom stereocenters. The van der Waals surface area contributed by atoms with Gasteiger partial charge in [-0.2, -0.15) is 0 Å². The van der Waals surface area contributed by atoms with E-state index in [2.05, 4.69) is 15.3 Å². The molecule has 0 unspecified atom stereocenters. The van der Waals surface area contributed by atoms with Crippen LogP contribution in [-0.4, -0.2) is 34.4 Å². The van der Waals surface area contributed by atoms with E-state index in [0.29, 0.717) is 17.3 Å². The van der Waals surface area contributed by atoms with Crippen LogP contribution in [0.3, 0.4) is 0 Å². The fraction of sp³-hybridized carbons (Fsp3) is 0.200. The monoisotopic (exact) mass is 331 g/mol. The minimum atomic E-state index is -0.450. The van der Waals surface area contributed by atoms with E-state index in [1.165, 1.54) is 12.4 Å². The van der Waals surface area contributed by atoms with Gasteiger partial charge < -0.3 is 16.0 Å². The summed E-state index contributed by atoms with van der Waals surface area (Å²) in [5.74, 6) is -0.498. The van der Waals surface area contributed by atoms with Gasteiger partial charge in [0, 0.05) is 25.4 Å². The van der Waals surface area contributed by atoms with Crippen LogP contribution in [0, 0.1) is 0 Å². The molecular weight excluding hydrogens is 318 g/mol. The van der Waals surface area contributed by atoms with Crippen LogP contribution in [0.4, 0.5) is 11.5 Å². The molecule has 2 amide bonds. The standard InChI is InChI=1S/C15H14ClN5O2/c16-10-3-1-2-4-11(10)21-8-9(7-12(21)22)20-15(23)13-14(17)19-6-5-18-13/h1-6,9H,7-8H2,(H2,17,19)(H,20,23)/t9-/m0/s1. The highest BCUT2D eigenvalue weighted by molar-refractivity contribution is 6.33. The summed E-state index contributed by atoms with van der Waals surface area (Å²) < 4.78 is 0. The van der Waals surface area contributed by atoms with Gasteiger partial charge in [-0.25, -0.2) is 9.97 Å². The Bertz CT molecular complexity index is 767. The van der Waals surface area contributed by atoms with Crippen molar-refractivity contribution in [3.05, 3.63) is 47.4 Å². The predicted molar refractivity (Wildman–Crippen MR) is 86.1 cm³/mol. The molecule has 1 fully saturated rings. The quantitative estimate of drug-likeness (QED) is 0.881. The van der Waals surface area contributed by atoms with Crippen LogP contribution in [-0.2, 0) is 4.79 Å². The van der Waals surface area contributed by atoms with Gasteiger partial charge in [-0.3, -0.25) is 9.59 Å². The topological polar surface area (TPSA) is 101 Å². The Hall–Kier alpha value is -2.67. The Morgan fingerprint density at radius 3 is 2.78 bits per heavy atom. The molecule has 0 radical (unpaired) electrons. The first-order chi connectivity index (χ1) is 11.1. The Labute approximate surface area is 137 Å². The second-order valence-corrected chi connectivity index (χ2v) is 5.53. The molecule has 2 heterocycles. The van der Waals surface area contributed by atoms with Crippen molar-refractivity contribution in [2.45, 2.75) is 12.5 Å². The number of carbonyl (C=O) groups is 2. The minimum absolute atomic E-state index is 0.0520. The van der Waals surface area contributed by atoms with Crippen molar-refractivity contribution in [2.75, 3.05) is 17.2 Å². The van der Waals surface area contributed by atoms with Crippen LogP contribution >= 0.6 is 11.6 Å². The van der Waals surface area contributed by atoms with Crippen LogP contribution in [0.25, 0.3) is 0 Å². The molecule has 23 heavy (non-hydrogen) atoms. The van der Waals surface area contributed by atoms with Gasteiger partial charge in [-0.1, -0.05) is 23.7 Å². The Morgan fingerprint density at radius 2 is 2.04 bits per heavy atom. The number of benzene rings is 1. The molecule has 2 aromatic rings. The third-order valence-corrected chi connectivity index (χ3v) is 3.86. The molecule has 1 aliphatic rings. The molecule has 0 aliphatic carbocycles. The maximum absolute atomic E-state index is 12.2. The predicted octanol–water partition coefficient (Wildman–Crippen LogP) is 1.25. The summed E-state index contributed by atoms with van der Waals surface area (Å²) >= 11 is 6.12. The van der Waals surface area contributed by atoms with Crippen molar-refractivity contribution in [1.29, 1.82) is 0 Å². The van der Waals surface area contributed by atoms with E-state index in [4.69, 9.17) is 17.3 Å². The smallest absolute Gasteiger partial charge is 0.274 e. The number of nitrogen functional groups attached to an aromatic ring is 1. The van der Waals surface area contributed by atoms with Gasteiger partial charge in [-0.15, -0.1) is 0 Å². The number of para-hydroxylation sites is 1. The van der Waals surface area contributed by atoms with Gasteiger partial charge in [0.25, 0.3) is 5.91 Å². The van der Waals surface area contributed by atoms with E-state index < -0.39 is 5.91 Å². The van der Waals surface area contributed by atoms with Gasteiger partial charge >= 0.3 is 0 Å². The maximum atomic E-state index is 12.2. The molecule has 0 saturated carbocycles. The summed E-state index contributed by atoms with van der Waals surface area (Å²) in [6, 6.07) is 6.75. The second-order valence-electron chi connectivity index (χ2n) is 5.12. The first kappa shape index (κ1) is 15.2. The van der Waals surface area contributed by atoms with E-state index in [-0.39, 0.29) is 29.9 Å². The SMILES string of the molecule is Nc1nccnc1C(=O)N[C@H]1CC(=O)N(c2ccccc2Cl)C1. The lowest BCUT2D eigenvalue weighted by Crippen LogP contribution is -2.38. The number of carbonyl (C=O) groups excluding carboxylic acids is 2. The van der Waals surface area contributed by atoms with Gasteiger partial charge in [0.15, 0.2) is 11.5 Å². The van der Waals surface area contributed by atoms with Crippen LogP contribution < -0.4 is 16.0 Å². The van der Waals surface area contributed by atoms with Gasteiger partial charge in [0.05, 0.1) is 16.8 Å². The second kappa shape index (κ2) is 6.21. The van der Waals surface area contributed by atoms with Gasteiger partial charge in [-0.05, 0) is 12.1 Å². The van der Waals surface area contributed by atoms with E-state index in [0.717, 1.165) is 0 Å². The lowest BCUT2D eigenvalue weighted by molar-refractivity contribution is -0.117. The number of anilines is 2. The number of nitrogens with one attached hydrogen (secondary N) is 1. The summed E-state index contributed by atoms with van der Waals surface area (Å²) in [6.07, 6.45) is 2.99. The number of rotatable bonds is 3. The van der Waals surface area contributed by atoms with Crippen LogP contribution in [0.15, 0.2) is 36.7 Å². The Morgan fingerprint density at radius 1 is 1.30 bits per heavy atom. The van der Waals surface area contributed by atoms with Crippen molar-refractivity contribution < 1.29 is 9.59 Å². The number of nitrogens with zero attached hydrogens (tertiary/aromatic N) is 3. The number of nitrogens with two attached hydrogens (primary N) is 1. The summed E-state index contributed by atoms with van der Waals surface area (Å²) in [4.78, 5) is 33.7. The molecule has 3 rings (SSSR count). The van der Waals surface area contributed by atoms with E-state index in [1.807, 2.05) is 0 Å². The molecule has 7 nitrogen and oxygen atoms in total. The third kappa shape index (κ3) is 3.09. The highest BCUT2D eigenvalue weighted by Gasteiger charge is 2.33. The van der Waals surface area contributed by atoms with E-state index in [1.54, 1.807) is 29.2 Å². The normalized spacial score (nSPS) is 17.3. The molecule has 118 valence electrons. The fourth-order valence-electron chi connectivity index (χ4n) is 2.49. The van der Waals surface area contributed by atoms with Crippen molar-refractivity contribution in [3.63, 3.8) is 0 Å². The number of hydrogen-bond acceptors (Lipinski definition) is 5. The molecule has 3 N–H and O–H groups in total. The van der Waals surface area contributed by atoms with Gasteiger partial charge in [0.2, 0.25) is 5.91 Å². The number of halogens is 1. The minimum Gasteiger partial charge on any atom is -0.382 e. The van der Waals surface area contributed by atoms with Crippen molar-refractivity contribution >= 4 is 34.9 Å². The molecule has 8 heteroatoms. The van der Waals surface area contributed by atoms with Crippen LogP contribution in [0.2, 0.25) is 5.02 Å². The molecule has 1 aromatic heterocycles. The Kier molecular flexibility index (Phi) is 4.12. The average Bonchev–Trinajstić information content (AvgIpc) is 2.88. The number of aromatic nitrogens is 2. The fourth-order valence-corrected chi connectivity index (χ4v) is 2.72. The summed E-state index contributed by atoms with van der Waals surface area (Å²) in [7, 11) is 0. The van der Waals surface area contributed by atoms with Crippen molar-refractivity contribution in [2.24, 2.45) is 0 Å². The zero-order valence-corrected chi connectivity index (χ0v) is 12.8. The zero-order chi connectivity index (χ0) is 16.4. The highest BCUT2D eigenvalue weighted by atomic mass is 35.5. The van der Waals surface area contributed by atoms with Crippen LogP contribution in [0.1, 0.15) is 16.9 Å². The first-order valence-electron chi connectivity index (χ1n) is 6.98. The molecule has 1 saturated heterocycles. The zero-order valence-electron chi connectivity index (χ0n) is 12.1. The summed E-state index contributed by atoms with van der Waals surface area (Å²) in [6.45, 7) is 0.342. The average molecular weight is 332 g/mol. The van der Waals surface area contributed by atoms with E-state index in [9.17, 15) is 9.59 Å². The summed E-state index contributed by atoms with van der Waals surface area (Å²) in [5.41, 5.74) is 6.32. The number of amides is 2. The lowest BCUT2D eigenvalue weighted by Gasteiger charge is -2.18. The maximum Gasteiger partial charge on any atom is 0.274 e. The third-order valence-electron chi connectivity index (χ3n) is 3.55. The van der Waals surface area contributed by atoms with Crippen molar-refractivity contribution in [1.82, 2.24) is 15.3 Å². The summed E-state index contributed by atoms with van der Waals surface area (Å²) in [5, 5.41) is 3.25. The number of hydrogen-bond donors (Lipinski definition) is 2. The molecule has 0 spiro atoms. The Balaban J connectivity index is 1.72. The van der Waals surface area contributed by atoms with Crippen LogP contribution in [0.5, 0.6) is 0 Å².